The van der Waals surface area contributed by atoms with Crippen molar-refractivity contribution in [2.24, 2.45) is 0 Å². The van der Waals surface area contributed by atoms with Crippen LogP contribution in [0, 0.1) is 0 Å². The smallest absolute Gasteiger partial charge is 0.425 e. The number of nitrogens with one attached hydrogen (secondary N) is 2. The van der Waals surface area contributed by atoms with Crippen LogP contribution < -0.4 is 15.5 Å². The number of amides is 4. The highest BCUT2D eigenvalue weighted by molar-refractivity contribution is 7.92. The molecule has 2 aliphatic rings. The number of nitrogens with zero attached hydrogens (tertiary/aromatic N) is 3. The van der Waals surface area contributed by atoms with Crippen molar-refractivity contribution < 1.29 is 41.8 Å². The highest BCUT2D eigenvalue weighted by atomic mass is 32.2. The predicted molar refractivity (Wildman–Crippen MR) is 206 cm³/mol. The van der Waals surface area contributed by atoms with Gasteiger partial charge in [0.1, 0.15) is 23.9 Å². The van der Waals surface area contributed by atoms with Crippen LogP contribution in [0.5, 0.6) is 0 Å². The van der Waals surface area contributed by atoms with E-state index in [-0.39, 0.29) is 29.8 Å². The van der Waals surface area contributed by atoms with Gasteiger partial charge < -0.3 is 24.4 Å². The third-order valence-corrected chi connectivity index (χ3v) is 11.0. The fourth-order valence-corrected chi connectivity index (χ4v) is 7.94. The standard InChI is InChI=1S/C40H45N5O9S/c1-39(2,3)53-37(48)45(38(49)54-40(4,5)6)34-31-15-11-28(20-25(31)17-18-41-34)42-33-26-10-8-9-24(19-26)23-52-36(47)43-29-12-16-32(55(50,51)30-13-14-30)27(21-29)22-44(7)35(33)46/h8-12,15-21,30,33,42H,13-14,22-23H2,1-7H3,(H,43,47). The Balaban J connectivity index is 1.38. The van der Waals surface area contributed by atoms with Gasteiger partial charge in [0.15, 0.2) is 15.7 Å². The number of sulfone groups is 1. The van der Waals surface area contributed by atoms with Crippen molar-refractivity contribution in [3.63, 3.8) is 0 Å². The molecule has 4 amide bonds. The SMILES string of the molecule is CN1Cc2cc(ccc2S(=O)(=O)C2CC2)NC(=O)OCc2cccc(c2)C(Nc2ccc3c(N(C(=O)OC(C)(C)C)C(=O)OC(C)(C)C)nccc3c2)C1=O. The molecular formula is C40H45N5O9S. The van der Waals surface area contributed by atoms with Crippen LogP contribution in [0.1, 0.15) is 77.1 Å². The van der Waals surface area contributed by atoms with Crippen LogP contribution in [0.15, 0.2) is 77.8 Å². The second-order valence-electron chi connectivity index (χ2n) is 15.7. The van der Waals surface area contributed by atoms with Gasteiger partial charge in [0.2, 0.25) is 5.91 Å². The molecule has 4 aromatic rings. The number of carbonyl (C=O) groups is 4. The van der Waals surface area contributed by atoms with Gasteiger partial charge in [-0.1, -0.05) is 18.2 Å². The molecule has 290 valence electrons. The van der Waals surface area contributed by atoms with E-state index < -0.39 is 50.6 Å². The molecule has 1 atom stereocenters. The van der Waals surface area contributed by atoms with E-state index in [0.29, 0.717) is 51.7 Å². The van der Waals surface area contributed by atoms with Crippen LogP contribution in [0.25, 0.3) is 10.8 Å². The number of anilines is 3. The highest BCUT2D eigenvalue weighted by Gasteiger charge is 2.39. The lowest BCUT2D eigenvalue weighted by molar-refractivity contribution is -0.131. The van der Waals surface area contributed by atoms with E-state index in [1.54, 1.807) is 103 Å². The average molecular weight is 772 g/mol. The van der Waals surface area contributed by atoms with Crippen molar-refractivity contribution in [3.8, 4) is 0 Å². The first-order valence-electron chi connectivity index (χ1n) is 17.8. The summed E-state index contributed by atoms with van der Waals surface area (Å²) in [4.78, 5) is 60.8. The van der Waals surface area contributed by atoms with E-state index >= 15 is 0 Å². The Morgan fingerprint density at radius 2 is 1.62 bits per heavy atom. The van der Waals surface area contributed by atoms with Gasteiger partial charge in [-0.2, -0.15) is 4.90 Å². The molecule has 55 heavy (non-hydrogen) atoms. The first-order chi connectivity index (χ1) is 25.8. The molecule has 1 saturated carbocycles. The highest BCUT2D eigenvalue weighted by Crippen LogP contribution is 2.37. The van der Waals surface area contributed by atoms with Crippen molar-refractivity contribution >= 4 is 62.0 Å². The molecule has 2 heterocycles. The van der Waals surface area contributed by atoms with Crippen molar-refractivity contribution in [3.05, 3.63) is 89.6 Å². The number of ether oxygens (including phenoxy) is 3. The molecule has 3 aromatic carbocycles. The number of carbonyl (C=O) groups excluding carboxylic acids is 4. The molecule has 1 aliphatic carbocycles. The fourth-order valence-electron chi connectivity index (χ4n) is 6.08. The fraction of sp³-hybridized carbons (Fsp3) is 0.375. The monoisotopic (exact) mass is 771 g/mol. The zero-order chi connectivity index (χ0) is 39.9. The van der Waals surface area contributed by atoms with Crippen LogP contribution in [0.2, 0.25) is 0 Å². The predicted octanol–water partition coefficient (Wildman–Crippen LogP) is 7.72. The Hall–Kier alpha value is -5.70. The number of cyclic esters (lactones) is 1. The van der Waals surface area contributed by atoms with Crippen LogP contribution in [0.3, 0.4) is 0 Å². The largest absolute Gasteiger partial charge is 0.444 e. The number of hydrogen-bond acceptors (Lipinski definition) is 11. The zero-order valence-electron chi connectivity index (χ0n) is 31.8. The summed E-state index contributed by atoms with van der Waals surface area (Å²) >= 11 is 0. The lowest BCUT2D eigenvalue weighted by Gasteiger charge is -2.29. The maximum Gasteiger partial charge on any atom is 0.425 e. The number of rotatable bonds is 5. The van der Waals surface area contributed by atoms with Crippen LogP contribution in [-0.4, -0.2) is 66.0 Å². The number of benzene rings is 3. The number of imide groups is 1. The second-order valence-corrected chi connectivity index (χ2v) is 17.8. The molecule has 0 spiro atoms. The molecular weight excluding hydrogens is 727 g/mol. The van der Waals surface area contributed by atoms with Gasteiger partial charge in [0.05, 0.1) is 10.1 Å². The number of fused-ring (bicyclic) bond motifs is 5. The summed E-state index contributed by atoms with van der Waals surface area (Å²) in [5.41, 5.74) is 0.558. The summed E-state index contributed by atoms with van der Waals surface area (Å²) in [6, 6.07) is 17.4. The summed E-state index contributed by atoms with van der Waals surface area (Å²) in [6.07, 6.45) is -0.0601. The molecule has 1 fully saturated rings. The van der Waals surface area contributed by atoms with E-state index in [9.17, 15) is 27.6 Å². The minimum Gasteiger partial charge on any atom is -0.444 e. The van der Waals surface area contributed by atoms with Gasteiger partial charge in [-0.3, -0.25) is 10.1 Å². The van der Waals surface area contributed by atoms with E-state index in [1.165, 1.54) is 23.2 Å². The van der Waals surface area contributed by atoms with Crippen LogP contribution in [-0.2, 0) is 42.0 Å². The van der Waals surface area contributed by atoms with Crippen LogP contribution in [0.4, 0.5) is 31.6 Å². The first kappa shape index (κ1) is 39.0. The lowest BCUT2D eigenvalue weighted by atomic mass is 10.0. The number of pyridine rings is 1. The maximum absolute atomic E-state index is 14.5. The Kier molecular flexibility index (Phi) is 10.5. The molecule has 14 nitrogen and oxygen atoms in total. The number of aromatic nitrogens is 1. The minimum absolute atomic E-state index is 0.00253. The van der Waals surface area contributed by atoms with Crippen molar-refractivity contribution in [2.45, 2.75) is 94.9 Å². The van der Waals surface area contributed by atoms with Crippen molar-refractivity contribution in [1.29, 1.82) is 0 Å². The third kappa shape index (κ3) is 9.16. The van der Waals surface area contributed by atoms with Crippen molar-refractivity contribution in [2.75, 3.05) is 22.6 Å². The summed E-state index contributed by atoms with van der Waals surface area (Å²) in [5.74, 6) is -0.367. The van der Waals surface area contributed by atoms with E-state index in [2.05, 4.69) is 15.6 Å². The molecule has 0 saturated heterocycles. The van der Waals surface area contributed by atoms with Gasteiger partial charge in [-0.05, 0) is 125 Å². The van der Waals surface area contributed by atoms with Crippen molar-refractivity contribution in [1.82, 2.24) is 9.88 Å². The summed E-state index contributed by atoms with van der Waals surface area (Å²) < 4.78 is 43.5. The molecule has 2 N–H and O–H groups in total. The quantitative estimate of drug-likeness (QED) is 0.190. The molecule has 1 aliphatic heterocycles. The molecule has 1 aromatic heterocycles. The Morgan fingerprint density at radius 1 is 0.927 bits per heavy atom. The Labute approximate surface area is 320 Å². The topological polar surface area (TPSA) is 174 Å². The average Bonchev–Trinajstić information content (AvgIpc) is 3.95. The maximum atomic E-state index is 14.5. The van der Waals surface area contributed by atoms with Gasteiger partial charge in [-0.15, -0.1) is 0 Å². The molecule has 0 radical (unpaired) electrons. The molecule has 1 unspecified atom stereocenters. The van der Waals surface area contributed by atoms with Gasteiger partial charge >= 0.3 is 18.3 Å². The molecule has 15 heteroatoms. The van der Waals surface area contributed by atoms with E-state index in [4.69, 9.17) is 14.2 Å². The van der Waals surface area contributed by atoms with Gasteiger partial charge in [0, 0.05) is 36.6 Å². The second kappa shape index (κ2) is 14.9. The minimum atomic E-state index is -3.65. The summed E-state index contributed by atoms with van der Waals surface area (Å²) in [5, 5.41) is 6.53. The molecule has 4 bridgehead atoms. The molecule has 6 rings (SSSR count). The normalized spacial score (nSPS) is 16.7. The number of likely N-dealkylation sites (N-methyl/N-ethyl adjacent to an activating group) is 1. The first-order valence-corrected chi connectivity index (χ1v) is 19.4. The summed E-state index contributed by atoms with van der Waals surface area (Å²) in [6.45, 7) is 9.94. The summed E-state index contributed by atoms with van der Waals surface area (Å²) in [7, 11) is -2.06. The Bertz CT molecular complexity index is 2250. The van der Waals surface area contributed by atoms with E-state index in [1.807, 2.05) is 0 Å². The number of hydrogen-bond donors (Lipinski definition) is 2. The lowest BCUT2D eigenvalue weighted by Crippen LogP contribution is -2.44. The van der Waals surface area contributed by atoms with Crippen LogP contribution >= 0.6 is 0 Å². The van der Waals surface area contributed by atoms with Gasteiger partial charge in [-0.25, -0.2) is 27.8 Å². The third-order valence-electron chi connectivity index (χ3n) is 8.68. The Morgan fingerprint density at radius 3 is 2.27 bits per heavy atom. The van der Waals surface area contributed by atoms with E-state index in [0.717, 1.165) is 4.90 Å². The zero-order valence-corrected chi connectivity index (χ0v) is 32.7. The van der Waals surface area contributed by atoms with Gasteiger partial charge in [0.25, 0.3) is 0 Å².